The lowest BCUT2D eigenvalue weighted by Gasteiger charge is -2.18. The molecule has 0 aliphatic heterocycles. The van der Waals surface area contributed by atoms with Gasteiger partial charge in [-0.1, -0.05) is 234 Å². The Morgan fingerprint density at radius 2 is 0.557 bits per heavy atom. The Morgan fingerprint density at radius 1 is 0.300 bits per heavy atom. The van der Waals surface area contributed by atoms with Gasteiger partial charge < -0.3 is 14.2 Å². The van der Waals surface area contributed by atoms with Crippen molar-refractivity contribution in [2.45, 2.75) is 290 Å². The molecule has 0 bridgehead atoms. The third-order valence-corrected chi connectivity index (χ3v) is 12.6. The summed E-state index contributed by atoms with van der Waals surface area (Å²) in [6, 6.07) is 0. The lowest BCUT2D eigenvalue weighted by atomic mass is 10.1. The maximum absolute atomic E-state index is 12.9. The molecule has 0 spiro atoms. The molecule has 0 saturated heterocycles. The van der Waals surface area contributed by atoms with Crippen LogP contribution in [0.25, 0.3) is 0 Å². The molecule has 1 atom stereocenters. The molecule has 0 aromatic carbocycles. The second-order valence-electron chi connectivity index (χ2n) is 19.5. The maximum Gasteiger partial charge on any atom is 0.306 e. The fourth-order valence-corrected chi connectivity index (χ4v) is 8.16. The maximum atomic E-state index is 12.9. The van der Waals surface area contributed by atoms with Crippen LogP contribution in [-0.4, -0.2) is 37.2 Å². The SMILES string of the molecule is CC/C=C\C/C=C\C/C=C\C/C=C\CCCCCCCCCCC(=O)OCC(COC(=O)CCCCCCC/C=C\C/C=C\CCCCC)OC(=O)CCCCCCC/C=C\CCCCCCCCC. The van der Waals surface area contributed by atoms with Crippen molar-refractivity contribution in [1.82, 2.24) is 0 Å². The van der Waals surface area contributed by atoms with E-state index in [1.54, 1.807) is 0 Å². The van der Waals surface area contributed by atoms with Gasteiger partial charge in [0.1, 0.15) is 13.2 Å². The van der Waals surface area contributed by atoms with E-state index in [4.69, 9.17) is 14.2 Å². The number of allylic oxidation sites excluding steroid dienone is 14. The van der Waals surface area contributed by atoms with Crippen molar-refractivity contribution in [2.24, 2.45) is 0 Å². The van der Waals surface area contributed by atoms with Crippen LogP contribution in [0, 0.1) is 0 Å². The van der Waals surface area contributed by atoms with E-state index in [0.29, 0.717) is 19.3 Å². The molecule has 0 aromatic heterocycles. The molecular weight excluding hydrogens is 865 g/mol. The average molecular weight is 976 g/mol. The summed E-state index contributed by atoms with van der Waals surface area (Å²) in [6.45, 7) is 6.49. The topological polar surface area (TPSA) is 78.9 Å². The zero-order valence-corrected chi connectivity index (χ0v) is 46.0. The van der Waals surface area contributed by atoms with E-state index in [9.17, 15) is 14.4 Å². The highest BCUT2D eigenvalue weighted by atomic mass is 16.6. The number of unbranched alkanes of at least 4 members (excludes halogenated alkanes) is 28. The van der Waals surface area contributed by atoms with Gasteiger partial charge in [-0.2, -0.15) is 0 Å². The molecule has 0 saturated carbocycles. The quantitative estimate of drug-likeness (QED) is 0.0261. The summed E-state index contributed by atoms with van der Waals surface area (Å²) in [5, 5.41) is 0. The van der Waals surface area contributed by atoms with E-state index < -0.39 is 6.10 Å². The molecule has 6 nitrogen and oxygen atoms in total. The summed E-state index contributed by atoms with van der Waals surface area (Å²) in [6.07, 6.45) is 75.7. The zero-order valence-electron chi connectivity index (χ0n) is 46.0. The van der Waals surface area contributed by atoms with Crippen LogP contribution < -0.4 is 0 Å². The van der Waals surface area contributed by atoms with Gasteiger partial charge >= 0.3 is 17.9 Å². The molecule has 1 unspecified atom stereocenters. The van der Waals surface area contributed by atoms with E-state index in [1.807, 2.05) is 0 Å². The highest BCUT2D eigenvalue weighted by Gasteiger charge is 2.19. The molecule has 0 N–H and O–H groups in total. The normalized spacial score (nSPS) is 12.7. The predicted octanol–water partition coefficient (Wildman–Crippen LogP) is 19.9. The van der Waals surface area contributed by atoms with Crippen LogP contribution in [0.1, 0.15) is 284 Å². The van der Waals surface area contributed by atoms with Gasteiger partial charge in [-0.15, -0.1) is 0 Å². The number of rotatable bonds is 53. The number of ether oxygens (including phenoxy) is 3. The summed E-state index contributed by atoms with van der Waals surface area (Å²) >= 11 is 0. The molecule has 0 radical (unpaired) electrons. The molecule has 0 heterocycles. The van der Waals surface area contributed by atoms with Gasteiger partial charge in [0, 0.05) is 19.3 Å². The molecule has 0 fully saturated rings. The standard InChI is InChI=1S/C64H110O6/c1-4-7-10-13-16-19-22-25-28-30-31-32-33-34-37-39-42-45-48-51-54-57-63(66)69-60-61(59-68-62(65)56-53-50-47-44-41-38-35-27-24-21-18-15-12-9-6-3)70-64(67)58-55-52-49-46-43-40-36-29-26-23-20-17-14-11-8-5-2/h7,10,16,18-19,21,25,27-29,31-32,35-36,61H,4-6,8-9,11-15,17,20,22-24,26,30,33-34,37-60H2,1-3H3/b10-7-,19-16-,21-18-,28-25-,32-31-,35-27-,36-29-. The van der Waals surface area contributed by atoms with Crippen molar-refractivity contribution >= 4 is 17.9 Å². The van der Waals surface area contributed by atoms with Gasteiger partial charge in [0.2, 0.25) is 0 Å². The second-order valence-corrected chi connectivity index (χ2v) is 19.5. The molecule has 6 heteroatoms. The molecule has 70 heavy (non-hydrogen) atoms. The summed E-state index contributed by atoms with van der Waals surface area (Å²) in [7, 11) is 0. The molecule has 0 aromatic rings. The smallest absolute Gasteiger partial charge is 0.306 e. The van der Waals surface area contributed by atoms with E-state index in [0.717, 1.165) is 122 Å². The van der Waals surface area contributed by atoms with Crippen molar-refractivity contribution in [3.8, 4) is 0 Å². The largest absolute Gasteiger partial charge is 0.462 e. The Kier molecular flexibility index (Phi) is 55.3. The van der Waals surface area contributed by atoms with Crippen LogP contribution in [0.4, 0.5) is 0 Å². The molecule has 0 aliphatic carbocycles. The van der Waals surface area contributed by atoms with Crippen LogP contribution in [-0.2, 0) is 28.6 Å². The highest BCUT2D eigenvalue weighted by Crippen LogP contribution is 2.15. The molecule has 0 aliphatic rings. The number of hydrogen-bond donors (Lipinski definition) is 0. The summed E-state index contributed by atoms with van der Waals surface area (Å²) in [5.74, 6) is -0.911. The monoisotopic (exact) mass is 975 g/mol. The number of hydrogen-bond acceptors (Lipinski definition) is 6. The van der Waals surface area contributed by atoms with Crippen molar-refractivity contribution in [3.63, 3.8) is 0 Å². The van der Waals surface area contributed by atoms with Gasteiger partial charge in [0.15, 0.2) is 6.10 Å². The van der Waals surface area contributed by atoms with Gasteiger partial charge in [0.25, 0.3) is 0 Å². The van der Waals surface area contributed by atoms with E-state index in [-0.39, 0.29) is 31.1 Å². The Labute approximate surface area is 433 Å². The highest BCUT2D eigenvalue weighted by molar-refractivity contribution is 5.71. The first kappa shape index (κ1) is 66.6. The summed E-state index contributed by atoms with van der Waals surface area (Å²) in [5.41, 5.74) is 0. The minimum Gasteiger partial charge on any atom is -0.462 e. The molecule has 402 valence electrons. The fraction of sp³-hybridized carbons (Fsp3) is 0.734. The van der Waals surface area contributed by atoms with Crippen molar-refractivity contribution < 1.29 is 28.6 Å². The van der Waals surface area contributed by atoms with Gasteiger partial charge in [-0.25, -0.2) is 0 Å². The van der Waals surface area contributed by atoms with Gasteiger partial charge in [-0.3, -0.25) is 14.4 Å². The number of esters is 3. The lowest BCUT2D eigenvalue weighted by molar-refractivity contribution is -0.167. The second kappa shape index (κ2) is 58.2. The predicted molar refractivity (Wildman–Crippen MR) is 302 cm³/mol. The molecular formula is C64H110O6. The fourth-order valence-electron chi connectivity index (χ4n) is 8.16. The first-order valence-electron chi connectivity index (χ1n) is 29.6. The van der Waals surface area contributed by atoms with Crippen LogP contribution in [0.2, 0.25) is 0 Å². The van der Waals surface area contributed by atoms with Gasteiger partial charge in [-0.05, 0) is 116 Å². The zero-order chi connectivity index (χ0) is 50.7. The third-order valence-electron chi connectivity index (χ3n) is 12.6. The molecule has 0 rings (SSSR count). The molecule has 0 amide bonds. The first-order valence-corrected chi connectivity index (χ1v) is 29.6. The van der Waals surface area contributed by atoms with E-state index >= 15 is 0 Å². The van der Waals surface area contributed by atoms with Gasteiger partial charge in [0.05, 0.1) is 0 Å². The Hall–Kier alpha value is -3.41. The van der Waals surface area contributed by atoms with E-state index in [2.05, 4.69) is 106 Å². The van der Waals surface area contributed by atoms with Crippen LogP contribution in [0.5, 0.6) is 0 Å². The summed E-state index contributed by atoms with van der Waals surface area (Å²) < 4.78 is 16.9. The number of carbonyl (C=O) groups excluding carboxylic acids is 3. The Bertz CT molecular complexity index is 1350. The van der Waals surface area contributed by atoms with Crippen molar-refractivity contribution in [1.29, 1.82) is 0 Å². The van der Waals surface area contributed by atoms with Crippen molar-refractivity contribution in [3.05, 3.63) is 85.1 Å². The Balaban J connectivity index is 4.41. The minimum atomic E-state index is -0.791. The van der Waals surface area contributed by atoms with Crippen LogP contribution in [0.3, 0.4) is 0 Å². The number of carbonyl (C=O) groups is 3. The summed E-state index contributed by atoms with van der Waals surface area (Å²) in [4.78, 5) is 38.2. The van der Waals surface area contributed by atoms with Crippen LogP contribution >= 0.6 is 0 Å². The average Bonchev–Trinajstić information content (AvgIpc) is 3.36. The van der Waals surface area contributed by atoms with Crippen LogP contribution in [0.15, 0.2) is 85.1 Å². The third kappa shape index (κ3) is 55.5. The first-order chi connectivity index (χ1) is 34.5. The van der Waals surface area contributed by atoms with Crippen molar-refractivity contribution in [2.75, 3.05) is 13.2 Å². The minimum absolute atomic E-state index is 0.0884. The Morgan fingerprint density at radius 3 is 0.914 bits per heavy atom. The van der Waals surface area contributed by atoms with E-state index in [1.165, 1.54) is 122 Å². The lowest BCUT2D eigenvalue weighted by Crippen LogP contribution is -2.30.